The van der Waals surface area contributed by atoms with E-state index in [1.165, 1.54) is 0 Å². The molecule has 0 aliphatic carbocycles. The fourth-order valence-corrected chi connectivity index (χ4v) is 2.05. The van der Waals surface area contributed by atoms with Crippen LogP contribution in [0.25, 0.3) is 21.8 Å². The number of nitrogens with zero attached hydrogens (tertiary/aromatic N) is 3. The number of rotatable bonds is 3. The van der Waals surface area contributed by atoms with Gasteiger partial charge in [-0.3, -0.25) is 0 Å². The van der Waals surface area contributed by atoms with E-state index in [1.54, 1.807) is 6.08 Å². The third-order valence-corrected chi connectivity index (χ3v) is 2.81. The fourth-order valence-electron chi connectivity index (χ4n) is 2.05. The quantitative estimate of drug-likeness (QED) is 0.587. The van der Waals surface area contributed by atoms with Crippen LogP contribution >= 0.6 is 0 Å². The van der Waals surface area contributed by atoms with Gasteiger partial charge < -0.3 is 4.57 Å². The molecule has 2 aromatic rings. The van der Waals surface area contributed by atoms with Crippen LogP contribution in [0.2, 0.25) is 0 Å². The number of para-hydroxylation sites is 1. The number of benzene rings is 1. The van der Waals surface area contributed by atoms with E-state index in [0.717, 1.165) is 29.4 Å². The summed E-state index contributed by atoms with van der Waals surface area (Å²) in [6.07, 6.45) is 4.72. The van der Waals surface area contributed by atoms with E-state index in [9.17, 15) is 0 Å². The molecule has 0 saturated carbocycles. The molecule has 0 radical (unpaired) electrons. The molecule has 88 valence electrons. The minimum Gasteiger partial charge on any atom is -0.347 e. The number of allylic oxidation sites excluding steroid dienone is 1. The van der Waals surface area contributed by atoms with Crippen LogP contribution < -0.4 is 0 Å². The second kappa shape index (κ2) is 5.21. The summed E-state index contributed by atoms with van der Waals surface area (Å²) in [6.45, 7) is 10.0. The normalized spacial score (nSPS) is 11.2. The lowest BCUT2D eigenvalue weighted by Gasteiger charge is -2.01. The highest BCUT2D eigenvalue weighted by Gasteiger charge is 2.06. The number of fused-ring (bicyclic) bond motifs is 1. The molecule has 0 aliphatic rings. The Labute approximate surface area is 106 Å². The number of aryl methyl sites for hydroxylation is 1. The summed E-state index contributed by atoms with van der Waals surface area (Å²) in [5.74, 6) is 0. The van der Waals surface area contributed by atoms with E-state index < -0.39 is 0 Å². The zero-order chi connectivity index (χ0) is 13.0. The summed E-state index contributed by atoms with van der Waals surface area (Å²) in [6, 6.07) is 9.96. The largest absolute Gasteiger partial charge is 0.347 e. The van der Waals surface area contributed by atoms with Gasteiger partial charge in [0.15, 0.2) is 0 Å². The molecule has 1 heterocycles. The maximum Gasteiger partial charge on any atom is 0.262 e. The van der Waals surface area contributed by atoms with Crippen molar-refractivity contribution in [3.05, 3.63) is 53.1 Å². The molecule has 1 aromatic heterocycles. The summed E-state index contributed by atoms with van der Waals surface area (Å²) in [4.78, 5) is 3.20. The van der Waals surface area contributed by atoms with Gasteiger partial charge in [0, 0.05) is 23.6 Å². The number of hydrogen-bond acceptors (Lipinski definition) is 1. The first-order chi connectivity index (χ1) is 8.80. The number of hydrogen-bond donors (Lipinski definition) is 0. The van der Waals surface area contributed by atoms with Crippen LogP contribution in [-0.2, 0) is 6.54 Å². The SMILES string of the molecule is [C-]#[N+]/C(C#N)=C\c1cn(CCC)c2ccccc12. The monoisotopic (exact) mass is 235 g/mol. The predicted molar refractivity (Wildman–Crippen MR) is 72.4 cm³/mol. The molecule has 0 saturated heterocycles. The second-order valence-electron chi connectivity index (χ2n) is 4.05. The molecule has 0 fully saturated rings. The standard InChI is InChI=1S/C15H13N3/c1-3-8-18-11-12(9-13(10-16)17-2)14-6-4-5-7-15(14)18/h4-7,9,11H,3,8H2,1H3/b13-9-. The van der Waals surface area contributed by atoms with Crippen LogP contribution in [0.4, 0.5) is 0 Å². The van der Waals surface area contributed by atoms with Crippen molar-refractivity contribution >= 4 is 17.0 Å². The van der Waals surface area contributed by atoms with E-state index in [4.69, 9.17) is 11.8 Å². The average Bonchev–Trinajstić information content (AvgIpc) is 2.75. The van der Waals surface area contributed by atoms with Gasteiger partial charge in [-0.1, -0.05) is 25.1 Å². The lowest BCUT2D eigenvalue weighted by Crippen LogP contribution is -1.93. The highest BCUT2D eigenvalue weighted by atomic mass is 15.0. The number of nitriles is 1. The molecule has 0 bridgehead atoms. The average molecular weight is 235 g/mol. The Bertz CT molecular complexity index is 662. The van der Waals surface area contributed by atoms with Crippen molar-refractivity contribution in [2.45, 2.75) is 19.9 Å². The lowest BCUT2D eigenvalue weighted by molar-refractivity contribution is 0.703. The maximum absolute atomic E-state index is 8.83. The molecule has 1 aromatic carbocycles. The van der Waals surface area contributed by atoms with Gasteiger partial charge in [0.1, 0.15) is 0 Å². The van der Waals surface area contributed by atoms with Crippen LogP contribution in [0.5, 0.6) is 0 Å². The van der Waals surface area contributed by atoms with E-state index in [-0.39, 0.29) is 5.70 Å². The van der Waals surface area contributed by atoms with Gasteiger partial charge in [0.25, 0.3) is 5.70 Å². The predicted octanol–water partition coefficient (Wildman–Crippen LogP) is 3.84. The zero-order valence-corrected chi connectivity index (χ0v) is 10.2. The van der Waals surface area contributed by atoms with Crippen LogP contribution in [0, 0.1) is 17.9 Å². The van der Waals surface area contributed by atoms with Gasteiger partial charge in [0.05, 0.1) is 12.6 Å². The van der Waals surface area contributed by atoms with Gasteiger partial charge >= 0.3 is 0 Å². The Morgan fingerprint density at radius 3 is 2.94 bits per heavy atom. The van der Waals surface area contributed by atoms with Crippen LogP contribution in [-0.4, -0.2) is 4.57 Å². The molecule has 2 rings (SSSR count). The van der Waals surface area contributed by atoms with Crippen molar-refractivity contribution in [1.29, 1.82) is 5.26 Å². The molecule has 0 amide bonds. The Kier molecular flexibility index (Phi) is 3.46. The fraction of sp³-hybridized carbons (Fsp3) is 0.200. The maximum atomic E-state index is 8.83. The van der Waals surface area contributed by atoms with Crippen molar-refractivity contribution in [2.75, 3.05) is 0 Å². The highest BCUT2D eigenvalue weighted by molar-refractivity contribution is 5.90. The van der Waals surface area contributed by atoms with Crippen molar-refractivity contribution in [3.63, 3.8) is 0 Å². The van der Waals surface area contributed by atoms with E-state index in [1.807, 2.05) is 30.5 Å². The molecule has 3 heteroatoms. The molecule has 0 N–H and O–H groups in total. The summed E-state index contributed by atoms with van der Waals surface area (Å²) < 4.78 is 2.17. The molecule has 0 spiro atoms. The van der Waals surface area contributed by atoms with Crippen LogP contribution in [0.1, 0.15) is 18.9 Å². The van der Waals surface area contributed by atoms with E-state index >= 15 is 0 Å². The van der Waals surface area contributed by atoms with Crippen LogP contribution in [0.15, 0.2) is 36.2 Å². The lowest BCUT2D eigenvalue weighted by atomic mass is 10.1. The van der Waals surface area contributed by atoms with Crippen molar-refractivity contribution in [2.24, 2.45) is 0 Å². The zero-order valence-electron chi connectivity index (χ0n) is 10.2. The third-order valence-electron chi connectivity index (χ3n) is 2.81. The third kappa shape index (κ3) is 2.12. The van der Waals surface area contributed by atoms with Gasteiger partial charge in [-0.25, -0.2) is 10.1 Å². The Morgan fingerprint density at radius 1 is 1.50 bits per heavy atom. The minimum atomic E-state index is 0.120. The first-order valence-electron chi connectivity index (χ1n) is 5.87. The van der Waals surface area contributed by atoms with Gasteiger partial charge in [-0.15, -0.1) is 0 Å². The Hall–Kier alpha value is -2.52. The van der Waals surface area contributed by atoms with Crippen molar-refractivity contribution < 1.29 is 0 Å². The molecule has 0 atom stereocenters. The van der Waals surface area contributed by atoms with Gasteiger partial charge in [-0.2, -0.15) is 0 Å². The van der Waals surface area contributed by atoms with Gasteiger partial charge in [-0.05, 0) is 24.1 Å². The Balaban J connectivity index is 2.63. The molecule has 0 unspecified atom stereocenters. The molecule has 3 nitrogen and oxygen atoms in total. The minimum absolute atomic E-state index is 0.120. The van der Waals surface area contributed by atoms with Crippen molar-refractivity contribution in [3.8, 4) is 6.07 Å². The smallest absolute Gasteiger partial charge is 0.262 e. The van der Waals surface area contributed by atoms with Crippen LogP contribution in [0.3, 0.4) is 0 Å². The Morgan fingerprint density at radius 2 is 2.28 bits per heavy atom. The molecule has 18 heavy (non-hydrogen) atoms. The molecular weight excluding hydrogens is 222 g/mol. The summed E-state index contributed by atoms with van der Waals surface area (Å²) >= 11 is 0. The van der Waals surface area contributed by atoms with E-state index in [0.29, 0.717) is 0 Å². The topological polar surface area (TPSA) is 33.1 Å². The highest BCUT2D eigenvalue weighted by Crippen LogP contribution is 2.24. The van der Waals surface area contributed by atoms with Crippen molar-refractivity contribution in [1.82, 2.24) is 4.57 Å². The second-order valence-corrected chi connectivity index (χ2v) is 4.05. The molecular formula is C15H13N3. The van der Waals surface area contributed by atoms with Gasteiger partial charge in [0.2, 0.25) is 0 Å². The first kappa shape index (κ1) is 12.0. The summed E-state index contributed by atoms with van der Waals surface area (Å²) in [5, 5.41) is 9.92. The van der Waals surface area contributed by atoms with E-state index in [2.05, 4.69) is 22.4 Å². The molecule has 0 aliphatic heterocycles. The first-order valence-corrected chi connectivity index (χ1v) is 5.87. The summed E-state index contributed by atoms with van der Waals surface area (Å²) in [7, 11) is 0. The summed E-state index contributed by atoms with van der Waals surface area (Å²) in [5.41, 5.74) is 2.20. The number of aromatic nitrogens is 1.